The maximum atomic E-state index is 13.6. The quantitative estimate of drug-likeness (QED) is 0.468. The van der Waals surface area contributed by atoms with Crippen LogP contribution < -0.4 is 15.2 Å². The van der Waals surface area contributed by atoms with Crippen LogP contribution in [0.25, 0.3) is 0 Å². The molecule has 0 radical (unpaired) electrons. The molecule has 5 rings (SSSR count). The van der Waals surface area contributed by atoms with Crippen molar-refractivity contribution in [2.75, 3.05) is 18.1 Å². The maximum absolute atomic E-state index is 13.6. The zero-order valence-corrected chi connectivity index (χ0v) is 19.0. The first kappa shape index (κ1) is 23.6. The van der Waals surface area contributed by atoms with Crippen LogP contribution in [0.4, 0.5) is 23.2 Å². The Morgan fingerprint density at radius 2 is 2.00 bits per heavy atom. The van der Waals surface area contributed by atoms with Crippen molar-refractivity contribution >= 4 is 17.3 Å². The van der Waals surface area contributed by atoms with Gasteiger partial charge in [-0.05, 0) is 31.4 Å². The first-order chi connectivity index (χ1) is 16.7. The highest BCUT2D eigenvalue weighted by Crippen LogP contribution is 2.39. The topological polar surface area (TPSA) is 74.4 Å². The number of rotatable bonds is 4. The van der Waals surface area contributed by atoms with Crippen molar-refractivity contribution in [2.45, 2.75) is 44.8 Å². The smallest absolute Gasteiger partial charge is 0.419 e. The molecule has 1 saturated heterocycles. The standard InChI is InChI=1S/C22H20ClF4N5O3/c23-20-15(10-29-32(21(20)33)18-3-1-2-8-34-18)30-6-7-31-17(12-30)28-11-19(31)35-16-9-13(24)4-5-14(16)22(25,26)27/h4-5,9-11,18H,1-3,6-8,12H2. The highest BCUT2D eigenvalue weighted by Gasteiger charge is 2.35. The molecule has 1 aromatic carbocycles. The van der Waals surface area contributed by atoms with Gasteiger partial charge in [-0.15, -0.1) is 0 Å². The highest BCUT2D eigenvalue weighted by atomic mass is 35.5. The van der Waals surface area contributed by atoms with Crippen molar-refractivity contribution in [3.63, 3.8) is 0 Å². The molecule has 13 heteroatoms. The van der Waals surface area contributed by atoms with Crippen molar-refractivity contribution in [3.8, 4) is 11.6 Å². The molecule has 4 heterocycles. The molecular formula is C22H20ClF4N5O3. The molecule has 0 saturated carbocycles. The van der Waals surface area contributed by atoms with E-state index in [0.717, 1.165) is 18.9 Å². The summed E-state index contributed by atoms with van der Waals surface area (Å²) in [5, 5.41) is 4.26. The summed E-state index contributed by atoms with van der Waals surface area (Å²) in [5.41, 5.74) is -1.13. The fourth-order valence-electron chi connectivity index (χ4n) is 4.23. The van der Waals surface area contributed by atoms with Crippen molar-refractivity contribution < 1.29 is 27.0 Å². The first-order valence-corrected chi connectivity index (χ1v) is 11.3. The number of benzene rings is 1. The van der Waals surface area contributed by atoms with Crippen LogP contribution in [-0.4, -0.2) is 32.5 Å². The molecule has 3 aromatic rings. The van der Waals surface area contributed by atoms with Crippen molar-refractivity contribution in [1.29, 1.82) is 0 Å². The number of anilines is 1. The van der Waals surface area contributed by atoms with Gasteiger partial charge in [0.15, 0.2) is 6.23 Å². The Balaban J connectivity index is 1.38. The Bertz CT molecular complexity index is 1300. The van der Waals surface area contributed by atoms with Gasteiger partial charge < -0.3 is 14.4 Å². The lowest BCUT2D eigenvalue weighted by Gasteiger charge is -2.31. The fourth-order valence-corrected chi connectivity index (χ4v) is 4.48. The van der Waals surface area contributed by atoms with Gasteiger partial charge in [-0.1, -0.05) is 11.6 Å². The molecule has 0 amide bonds. The Hall–Kier alpha value is -3.12. The second-order valence-electron chi connectivity index (χ2n) is 8.24. The average molecular weight is 514 g/mol. The van der Waals surface area contributed by atoms with Gasteiger partial charge in [-0.2, -0.15) is 23.0 Å². The summed E-state index contributed by atoms with van der Waals surface area (Å²) >= 11 is 6.40. The van der Waals surface area contributed by atoms with E-state index in [0.29, 0.717) is 43.2 Å². The molecule has 2 aromatic heterocycles. The van der Waals surface area contributed by atoms with E-state index in [-0.39, 0.29) is 24.0 Å². The molecule has 1 atom stereocenters. The Labute approximate surface area is 201 Å². The van der Waals surface area contributed by atoms with E-state index in [1.165, 1.54) is 17.1 Å². The van der Waals surface area contributed by atoms with Crippen LogP contribution >= 0.6 is 11.6 Å². The molecule has 35 heavy (non-hydrogen) atoms. The van der Waals surface area contributed by atoms with E-state index in [1.807, 2.05) is 0 Å². The molecule has 1 unspecified atom stereocenters. The van der Waals surface area contributed by atoms with Gasteiger partial charge in [0.05, 0.1) is 30.2 Å². The van der Waals surface area contributed by atoms with Crippen LogP contribution in [0.15, 0.2) is 35.4 Å². The molecule has 0 aliphatic carbocycles. The lowest BCUT2D eigenvalue weighted by Crippen LogP contribution is -2.37. The van der Waals surface area contributed by atoms with Crippen molar-refractivity contribution in [3.05, 3.63) is 63.2 Å². The van der Waals surface area contributed by atoms with Gasteiger partial charge in [0, 0.05) is 25.8 Å². The average Bonchev–Trinajstić information content (AvgIpc) is 3.22. The molecule has 2 aliphatic rings. The normalized spacial score (nSPS) is 18.4. The second kappa shape index (κ2) is 9.15. The predicted molar refractivity (Wildman–Crippen MR) is 117 cm³/mol. The van der Waals surface area contributed by atoms with Gasteiger partial charge in [0.1, 0.15) is 22.4 Å². The summed E-state index contributed by atoms with van der Waals surface area (Å²) in [7, 11) is 0. The monoisotopic (exact) mass is 513 g/mol. The number of ether oxygens (including phenoxy) is 2. The number of hydrogen-bond donors (Lipinski definition) is 0. The van der Waals surface area contributed by atoms with Gasteiger partial charge in [0.2, 0.25) is 5.88 Å². The SMILES string of the molecule is O=c1c(Cl)c(N2CCn3c(Oc4cc(F)ccc4C(F)(F)F)cnc3C2)cnn1C1CCCCO1. The maximum Gasteiger partial charge on any atom is 0.419 e. The number of hydrogen-bond acceptors (Lipinski definition) is 6. The minimum absolute atomic E-state index is 0.000216. The van der Waals surface area contributed by atoms with E-state index in [1.54, 1.807) is 9.47 Å². The third-order valence-electron chi connectivity index (χ3n) is 5.99. The van der Waals surface area contributed by atoms with Crippen LogP contribution in [0.5, 0.6) is 11.6 Å². The molecular weight excluding hydrogens is 494 g/mol. The first-order valence-electron chi connectivity index (χ1n) is 11.0. The predicted octanol–water partition coefficient (Wildman–Crippen LogP) is 4.76. The summed E-state index contributed by atoms with van der Waals surface area (Å²) < 4.78 is 67.5. The van der Waals surface area contributed by atoms with Gasteiger partial charge in [0.25, 0.3) is 5.56 Å². The number of alkyl halides is 3. The van der Waals surface area contributed by atoms with E-state index < -0.39 is 35.1 Å². The molecule has 186 valence electrons. The minimum atomic E-state index is -4.71. The third-order valence-corrected chi connectivity index (χ3v) is 6.34. The summed E-state index contributed by atoms with van der Waals surface area (Å²) in [6.45, 7) is 1.41. The Kier molecular flexibility index (Phi) is 6.18. The fraction of sp³-hybridized carbons (Fsp3) is 0.409. The summed E-state index contributed by atoms with van der Waals surface area (Å²) in [6.07, 6.45) is 0.150. The molecule has 2 aliphatic heterocycles. The van der Waals surface area contributed by atoms with E-state index in [9.17, 15) is 22.4 Å². The largest absolute Gasteiger partial charge is 0.438 e. The van der Waals surface area contributed by atoms with Crippen LogP contribution in [-0.2, 0) is 24.0 Å². The van der Waals surface area contributed by atoms with Crippen LogP contribution in [0.3, 0.4) is 0 Å². The zero-order valence-electron chi connectivity index (χ0n) is 18.3. The molecule has 0 N–H and O–H groups in total. The lowest BCUT2D eigenvalue weighted by molar-refractivity contribution is -0.138. The highest BCUT2D eigenvalue weighted by molar-refractivity contribution is 6.33. The van der Waals surface area contributed by atoms with E-state index >= 15 is 0 Å². The number of halogens is 5. The number of nitrogens with zero attached hydrogens (tertiary/aromatic N) is 5. The van der Waals surface area contributed by atoms with E-state index in [2.05, 4.69) is 10.1 Å². The van der Waals surface area contributed by atoms with Crippen molar-refractivity contribution in [1.82, 2.24) is 19.3 Å². The molecule has 0 spiro atoms. The van der Waals surface area contributed by atoms with Crippen molar-refractivity contribution in [2.24, 2.45) is 0 Å². The molecule has 8 nitrogen and oxygen atoms in total. The van der Waals surface area contributed by atoms with Gasteiger partial charge in [-0.3, -0.25) is 9.36 Å². The number of imidazole rings is 1. The molecule has 1 fully saturated rings. The number of aromatic nitrogens is 4. The van der Waals surface area contributed by atoms with Gasteiger partial charge >= 0.3 is 6.18 Å². The summed E-state index contributed by atoms with van der Waals surface area (Å²) in [4.78, 5) is 18.9. The van der Waals surface area contributed by atoms with Gasteiger partial charge in [-0.25, -0.2) is 9.37 Å². The minimum Gasteiger partial charge on any atom is -0.438 e. The number of fused-ring (bicyclic) bond motifs is 1. The second-order valence-corrected chi connectivity index (χ2v) is 8.62. The Morgan fingerprint density at radius 1 is 1.17 bits per heavy atom. The lowest BCUT2D eigenvalue weighted by atomic mass is 10.2. The zero-order chi connectivity index (χ0) is 24.7. The van der Waals surface area contributed by atoms with E-state index in [4.69, 9.17) is 21.1 Å². The summed E-state index contributed by atoms with van der Waals surface area (Å²) in [5.74, 6) is -0.978. The molecule has 0 bridgehead atoms. The van der Waals surface area contributed by atoms with Crippen LogP contribution in [0.2, 0.25) is 5.02 Å². The Morgan fingerprint density at radius 3 is 2.74 bits per heavy atom. The summed E-state index contributed by atoms with van der Waals surface area (Å²) in [6, 6.07) is 2.05. The van der Waals surface area contributed by atoms with Crippen LogP contribution in [0, 0.1) is 5.82 Å². The third kappa shape index (κ3) is 4.59. The van der Waals surface area contributed by atoms with Crippen LogP contribution in [0.1, 0.15) is 36.9 Å².